The third kappa shape index (κ3) is 2.09. The van der Waals surface area contributed by atoms with Gasteiger partial charge in [0.1, 0.15) is 30.8 Å². The van der Waals surface area contributed by atoms with Gasteiger partial charge < -0.3 is 20.4 Å². The van der Waals surface area contributed by atoms with E-state index in [1.54, 1.807) is 0 Å². The lowest BCUT2D eigenvalue weighted by molar-refractivity contribution is -0.0757. The van der Waals surface area contributed by atoms with Crippen LogP contribution >= 0.6 is 0 Å². The van der Waals surface area contributed by atoms with Gasteiger partial charge in [0.15, 0.2) is 0 Å². The molecule has 1 aromatic rings. The van der Waals surface area contributed by atoms with Crippen molar-refractivity contribution in [3.05, 3.63) is 23.7 Å². The minimum atomic E-state index is -3.43. The van der Waals surface area contributed by atoms with Crippen molar-refractivity contribution < 1.29 is 23.4 Å². The zero-order chi connectivity index (χ0) is 10.8. The summed E-state index contributed by atoms with van der Waals surface area (Å²) in [6, 6.07) is 0.899. The SMILES string of the molecule is N[C@@H](c1ccc(CO)o1)C(F)(F)CO. The molecule has 0 aliphatic heterocycles. The largest absolute Gasteiger partial charge is 0.462 e. The second-order valence-corrected chi connectivity index (χ2v) is 2.86. The molecular weight excluding hydrogens is 196 g/mol. The molecule has 4 N–H and O–H groups in total. The number of halogens is 2. The predicted molar refractivity (Wildman–Crippen MR) is 43.6 cm³/mol. The number of aliphatic hydroxyl groups excluding tert-OH is 2. The van der Waals surface area contributed by atoms with Crippen LogP contribution in [0, 0.1) is 0 Å². The molecule has 80 valence electrons. The molecule has 0 saturated carbocycles. The second-order valence-electron chi connectivity index (χ2n) is 2.86. The Kier molecular flexibility index (Phi) is 3.20. The topological polar surface area (TPSA) is 79.6 Å². The normalized spacial score (nSPS) is 14.4. The highest BCUT2D eigenvalue weighted by Crippen LogP contribution is 2.29. The van der Waals surface area contributed by atoms with Gasteiger partial charge in [-0.1, -0.05) is 0 Å². The van der Waals surface area contributed by atoms with E-state index < -0.39 is 18.6 Å². The monoisotopic (exact) mass is 207 g/mol. The average molecular weight is 207 g/mol. The van der Waals surface area contributed by atoms with Crippen molar-refractivity contribution in [2.24, 2.45) is 5.73 Å². The Bertz CT molecular complexity index is 301. The van der Waals surface area contributed by atoms with E-state index in [9.17, 15) is 8.78 Å². The second kappa shape index (κ2) is 4.04. The third-order valence-electron chi connectivity index (χ3n) is 1.81. The summed E-state index contributed by atoms with van der Waals surface area (Å²) in [5, 5.41) is 17.0. The van der Waals surface area contributed by atoms with Crippen LogP contribution in [-0.2, 0) is 6.61 Å². The van der Waals surface area contributed by atoms with Crippen molar-refractivity contribution >= 4 is 0 Å². The number of rotatable bonds is 4. The molecule has 4 nitrogen and oxygen atoms in total. The summed E-state index contributed by atoms with van der Waals surface area (Å²) in [4.78, 5) is 0. The van der Waals surface area contributed by atoms with Crippen LogP contribution in [0.1, 0.15) is 17.6 Å². The number of nitrogens with two attached hydrogens (primary N) is 1. The first-order valence-corrected chi connectivity index (χ1v) is 3.95. The Labute approximate surface area is 78.9 Å². The van der Waals surface area contributed by atoms with Crippen LogP contribution in [0.25, 0.3) is 0 Å². The molecule has 0 radical (unpaired) electrons. The first-order chi connectivity index (χ1) is 6.51. The average Bonchev–Trinajstić information content (AvgIpc) is 2.64. The number of aliphatic hydroxyl groups is 2. The third-order valence-corrected chi connectivity index (χ3v) is 1.81. The van der Waals surface area contributed by atoms with E-state index >= 15 is 0 Å². The van der Waals surface area contributed by atoms with Gasteiger partial charge in [0, 0.05) is 0 Å². The summed E-state index contributed by atoms with van der Waals surface area (Å²) in [7, 11) is 0. The van der Waals surface area contributed by atoms with Gasteiger partial charge in [-0.25, -0.2) is 8.78 Å². The van der Waals surface area contributed by atoms with Gasteiger partial charge >= 0.3 is 0 Å². The number of furan rings is 1. The van der Waals surface area contributed by atoms with Crippen molar-refractivity contribution in [1.82, 2.24) is 0 Å². The van der Waals surface area contributed by atoms with Gasteiger partial charge in [-0.15, -0.1) is 0 Å². The van der Waals surface area contributed by atoms with Crippen LogP contribution in [0.3, 0.4) is 0 Å². The smallest absolute Gasteiger partial charge is 0.292 e. The van der Waals surface area contributed by atoms with Crippen molar-refractivity contribution in [3.8, 4) is 0 Å². The van der Waals surface area contributed by atoms with Crippen LogP contribution in [0.4, 0.5) is 8.78 Å². The molecule has 0 unspecified atom stereocenters. The van der Waals surface area contributed by atoms with Crippen molar-refractivity contribution in [1.29, 1.82) is 0 Å². The highest BCUT2D eigenvalue weighted by atomic mass is 19.3. The van der Waals surface area contributed by atoms with Gasteiger partial charge in [0.05, 0.1) is 0 Å². The molecule has 0 spiro atoms. The van der Waals surface area contributed by atoms with E-state index in [1.807, 2.05) is 0 Å². The van der Waals surface area contributed by atoms with E-state index in [1.165, 1.54) is 12.1 Å². The number of alkyl halides is 2. The number of hydrogen-bond donors (Lipinski definition) is 3. The maximum Gasteiger partial charge on any atom is 0.292 e. The Balaban J connectivity index is 2.83. The Morgan fingerprint density at radius 1 is 1.43 bits per heavy atom. The molecule has 6 heteroatoms. The predicted octanol–water partition coefficient (Wildman–Crippen LogP) is 0.399. The van der Waals surface area contributed by atoms with Gasteiger partial charge in [0.25, 0.3) is 5.92 Å². The Morgan fingerprint density at radius 2 is 2.07 bits per heavy atom. The van der Waals surface area contributed by atoms with E-state index in [2.05, 4.69) is 0 Å². The maximum absolute atomic E-state index is 12.8. The van der Waals surface area contributed by atoms with Crippen molar-refractivity contribution in [2.45, 2.75) is 18.6 Å². The molecule has 1 atom stereocenters. The zero-order valence-electron chi connectivity index (χ0n) is 7.28. The van der Waals surface area contributed by atoms with E-state index in [0.29, 0.717) is 0 Å². The minimum absolute atomic E-state index is 0.157. The van der Waals surface area contributed by atoms with Gasteiger partial charge in [-0.3, -0.25) is 0 Å². The summed E-state index contributed by atoms with van der Waals surface area (Å²) in [6.07, 6.45) is 0. The first kappa shape index (κ1) is 11.1. The lowest BCUT2D eigenvalue weighted by atomic mass is 10.1. The van der Waals surface area contributed by atoms with Crippen molar-refractivity contribution in [2.75, 3.05) is 6.61 Å². The lowest BCUT2D eigenvalue weighted by Gasteiger charge is -2.18. The molecule has 0 aromatic carbocycles. The molecule has 1 rings (SSSR count). The summed E-state index contributed by atoms with van der Waals surface area (Å²) >= 11 is 0. The molecule has 0 amide bonds. The van der Waals surface area contributed by atoms with E-state index in [4.69, 9.17) is 20.4 Å². The Hall–Kier alpha value is -0.980. The van der Waals surface area contributed by atoms with Crippen LogP contribution in [0.5, 0.6) is 0 Å². The molecule has 1 heterocycles. The highest BCUT2D eigenvalue weighted by Gasteiger charge is 2.39. The van der Waals surface area contributed by atoms with Crippen LogP contribution < -0.4 is 5.73 Å². The van der Waals surface area contributed by atoms with Crippen molar-refractivity contribution in [3.63, 3.8) is 0 Å². The summed E-state index contributed by atoms with van der Waals surface area (Å²) in [6.45, 7) is -1.72. The highest BCUT2D eigenvalue weighted by molar-refractivity contribution is 5.12. The Morgan fingerprint density at radius 3 is 2.50 bits per heavy atom. The molecule has 1 aromatic heterocycles. The number of hydrogen-bond acceptors (Lipinski definition) is 4. The molecule has 0 aliphatic carbocycles. The van der Waals surface area contributed by atoms with Crippen LogP contribution in [0.15, 0.2) is 16.5 Å². The van der Waals surface area contributed by atoms with Crippen LogP contribution in [-0.4, -0.2) is 22.7 Å². The lowest BCUT2D eigenvalue weighted by Crippen LogP contribution is -2.35. The molecule has 14 heavy (non-hydrogen) atoms. The quantitative estimate of drug-likeness (QED) is 0.667. The fourth-order valence-corrected chi connectivity index (χ4v) is 0.953. The maximum atomic E-state index is 12.8. The molecule has 0 bridgehead atoms. The van der Waals surface area contributed by atoms with E-state index in [-0.39, 0.29) is 18.1 Å². The first-order valence-electron chi connectivity index (χ1n) is 3.95. The summed E-state index contributed by atoms with van der Waals surface area (Å²) < 4.78 is 30.5. The minimum Gasteiger partial charge on any atom is -0.462 e. The fourth-order valence-electron chi connectivity index (χ4n) is 0.953. The van der Waals surface area contributed by atoms with Gasteiger partial charge in [-0.2, -0.15) is 0 Å². The zero-order valence-corrected chi connectivity index (χ0v) is 7.28. The standard InChI is InChI=1S/C8H11F2NO3/c9-8(10,4-13)7(11)6-2-1-5(3-12)14-6/h1-2,7,12-13H,3-4,11H2/t7-/m0/s1. The van der Waals surface area contributed by atoms with Gasteiger partial charge in [-0.05, 0) is 12.1 Å². The van der Waals surface area contributed by atoms with Gasteiger partial charge in [0.2, 0.25) is 0 Å². The van der Waals surface area contributed by atoms with Crippen LogP contribution in [0.2, 0.25) is 0 Å². The molecule has 0 fully saturated rings. The molecule has 0 aliphatic rings. The molecular formula is C8H11F2NO3. The summed E-state index contributed by atoms with van der Waals surface area (Å²) in [5.41, 5.74) is 5.17. The molecule has 0 saturated heterocycles. The van der Waals surface area contributed by atoms with E-state index in [0.717, 1.165) is 0 Å². The summed E-state index contributed by atoms with van der Waals surface area (Å²) in [5.74, 6) is -3.43. The fraction of sp³-hybridized carbons (Fsp3) is 0.500.